The molecule has 4 fully saturated rings. The molecule has 8 aliphatic rings. The van der Waals surface area contributed by atoms with E-state index in [0.717, 1.165) is 116 Å². The van der Waals surface area contributed by atoms with E-state index in [4.69, 9.17) is 20.8 Å². The number of hydrogen-bond donors (Lipinski definition) is 6. The molecule has 10 rings (SSSR count). The molecule has 0 spiro atoms. The lowest BCUT2D eigenvalue weighted by atomic mass is 10.0. The molecule has 0 atom stereocenters. The van der Waals surface area contributed by atoms with Crippen LogP contribution in [0.15, 0.2) is 24.3 Å². The van der Waals surface area contributed by atoms with Gasteiger partial charge >= 0.3 is 0 Å². The van der Waals surface area contributed by atoms with Crippen LogP contribution in [0, 0.1) is 10.8 Å². The Bertz CT molecular complexity index is 1820. The number of anilines is 4. The predicted octanol–water partition coefficient (Wildman–Crippen LogP) is 8.35. The molecule has 364 valence electrons. The van der Waals surface area contributed by atoms with Crippen LogP contribution in [-0.2, 0) is 9.59 Å². The van der Waals surface area contributed by atoms with Crippen molar-refractivity contribution in [2.45, 2.75) is 166 Å². The molecular formula is C52H84N12O2. The second-order valence-corrected chi connectivity index (χ2v) is 20.0. The standard InChI is InChI=1S/C27H44N6O.C25H40N6O/c28-25-23-12-13-24(33-18-10-6-7-11-19-33)31-26(23)29-16-8-4-2-1-3-5-9-17-32-20-14-22(15-21-32)30-27(25)34;26-23-21-10-11-22(31-16-8-4-5-9-17-31)29-24(21)27-14-6-2-1-3-7-15-30-18-12-20(13-19-30)28-25(23)32/h12-13,22,28H,1-11,14-21H2,(H,29,31)(H,30,34);10-11,20,26H,1-9,12-19H2,(H,27,29)(H,28,32). The zero-order chi connectivity index (χ0) is 45.8. The number of amides is 2. The van der Waals surface area contributed by atoms with Gasteiger partial charge in [0.1, 0.15) is 34.7 Å². The van der Waals surface area contributed by atoms with Gasteiger partial charge in [-0.15, -0.1) is 0 Å². The second kappa shape index (κ2) is 26.9. The van der Waals surface area contributed by atoms with Crippen LogP contribution >= 0.6 is 0 Å². The highest BCUT2D eigenvalue weighted by atomic mass is 16.2. The van der Waals surface area contributed by atoms with Crippen LogP contribution in [-0.4, -0.2) is 134 Å². The lowest BCUT2D eigenvalue weighted by molar-refractivity contribution is -0.116. The minimum Gasteiger partial charge on any atom is -0.369 e. The van der Waals surface area contributed by atoms with E-state index < -0.39 is 0 Å². The zero-order valence-corrected chi connectivity index (χ0v) is 40.4. The van der Waals surface area contributed by atoms with E-state index in [1.165, 1.54) is 129 Å². The molecule has 10 heterocycles. The first-order chi connectivity index (χ1) is 32.4. The minimum atomic E-state index is -0.278. The van der Waals surface area contributed by atoms with E-state index in [9.17, 15) is 9.59 Å². The van der Waals surface area contributed by atoms with Crippen molar-refractivity contribution < 1.29 is 9.59 Å². The molecule has 0 radical (unpaired) electrons. The number of piperidine rings is 2. The largest absolute Gasteiger partial charge is 0.369 e. The topological polar surface area (TPSA) is 169 Å². The van der Waals surface area contributed by atoms with Gasteiger partial charge < -0.3 is 40.9 Å². The molecular weight excluding hydrogens is 825 g/mol. The number of aromatic nitrogens is 2. The smallest absolute Gasteiger partial charge is 0.270 e. The molecule has 8 aliphatic heterocycles. The van der Waals surface area contributed by atoms with Gasteiger partial charge in [0.2, 0.25) is 0 Å². The average Bonchev–Trinajstić information content (AvgIpc) is 3.80. The van der Waals surface area contributed by atoms with Crippen molar-refractivity contribution >= 4 is 46.5 Å². The average molecular weight is 909 g/mol. The summed E-state index contributed by atoms with van der Waals surface area (Å²) in [7, 11) is 0. The molecule has 0 unspecified atom stereocenters. The van der Waals surface area contributed by atoms with E-state index in [1.807, 2.05) is 24.3 Å². The molecule has 4 saturated heterocycles. The molecule has 14 nitrogen and oxygen atoms in total. The van der Waals surface area contributed by atoms with Gasteiger partial charge in [-0.05, 0) is 114 Å². The zero-order valence-electron chi connectivity index (χ0n) is 40.4. The van der Waals surface area contributed by atoms with E-state index in [1.54, 1.807) is 0 Å². The molecule has 6 N–H and O–H groups in total. The van der Waals surface area contributed by atoms with Crippen molar-refractivity contribution in [2.75, 3.05) is 99.0 Å². The molecule has 2 aromatic heterocycles. The van der Waals surface area contributed by atoms with Gasteiger partial charge in [0.25, 0.3) is 11.8 Å². The van der Waals surface area contributed by atoms with Crippen molar-refractivity contribution in [2.24, 2.45) is 0 Å². The number of fused-ring (bicyclic) bond motifs is 24. The van der Waals surface area contributed by atoms with E-state index in [-0.39, 0.29) is 35.3 Å². The maximum atomic E-state index is 13.0. The van der Waals surface area contributed by atoms with Crippen LogP contribution in [0.2, 0.25) is 0 Å². The number of hydrogen-bond acceptors (Lipinski definition) is 12. The molecule has 2 aromatic rings. The molecule has 66 heavy (non-hydrogen) atoms. The summed E-state index contributed by atoms with van der Waals surface area (Å²) in [4.78, 5) is 45.6. The first-order valence-corrected chi connectivity index (χ1v) is 26.7. The van der Waals surface area contributed by atoms with Crippen molar-refractivity contribution in [3.05, 3.63) is 35.4 Å². The Kier molecular flexibility index (Phi) is 20.2. The fourth-order valence-electron chi connectivity index (χ4n) is 10.6. The summed E-state index contributed by atoms with van der Waals surface area (Å²) in [6.45, 7) is 12.3. The lowest BCUT2D eigenvalue weighted by Gasteiger charge is -2.32. The number of nitrogens with one attached hydrogen (secondary N) is 6. The fraction of sp³-hybridized carbons (Fsp3) is 0.731. The van der Waals surface area contributed by atoms with Crippen molar-refractivity contribution in [3.8, 4) is 0 Å². The summed E-state index contributed by atoms with van der Waals surface area (Å²) in [5, 5.41) is 30.5. The Labute approximate surface area is 396 Å². The summed E-state index contributed by atoms with van der Waals surface area (Å²) in [6, 6.07) is 8.18. The summed E-state index contributed by atoms with van der Waals surface area (Å²) in [5.41, 5.74) is 1.28. The third-order valence-electron chi connectivity index (χ3n) is 14.8. The SMILES string of the molecule is N=C1C(=O)NC2CCN(CCCCCCCCCNc3nc(N4CCCCCC4)ccc31)CC2.N=C1C(=O)NC2CCN(CCCCCCCNc3nc(N4CCCCCC4)ccc31)CC2. The molecule has 14 heteroatoms. The molecule has 0 aromatic carbocycles. The number of pyridine rings is 2. The highest BCUT2D eigenvalue weighted by Crippen LogP contribution is 2.26. The highest BCUT2D eigenvalue weighted by molar-refractivity contribution is 6.45. The van der Waals surface area contributed by atoms with Gasteiger partial charge in [-0.3, -0.25) is 20.4 Å². The summed E-state index contributed by atoms with van der Waals surface area (Å²) >= 11 is 0. The Morgan fingerprint density at radius 3 is 1.09 bits per heavy atom. The fourth-order valence-corrected chi connectivity index (χ4v) is 10.6. The van der Waals surface area contributed by atoms with Gasteiger partial charge in [0, 0.05) is 88.7 Å². The van der Waals surface area contributed by atoms with Crippen LogP contribution in [0.3, 0.4) is 0 Å². The monoisotopic (exact) mass is 909 g/mol. The van der Waals surface area contributed by atoms with Gasteiger partial charge in [0.15, 0.2) is 0 Å². The molecule has 2 amide bonds. The third-order valence-corrected chi connectivity index (χ3v) is 14.8. The minimum absolute atomic E-state index is 0.0224. The molecule has 4 bridgehead atoms. The maximum absolute atomic E-state index is 13.0. The van der Waals surface area contributed by atoms with Gasteiger partial charge in [-0.1, -0.05) is 77.0 Å². The van der Waals surface area contributed by atoms with Crippen LogP contribution in [0.1, 0.15) is 165 Å². The predicted molar refractivity (Wildman–Crippen MR) is 271 cm³/mol. The number of carbonyl (C=O) groups is 2. The van der Waals surface area contributed by atoms with Crippen LogP contribution in [0.25, 0.3) is 0 Å². The van der Waals surface area contributed by atoms with Crippen LogP contribution < -0.4 is 31.1 Å². The van der Waals surface area contributed by atoms with Gasteiger partial charge in [-0.2, -0.15) is 0 Å². The third kappa shape index (κ3) is 15.4. The molecule has 0 aliphatic carbocycles. The normalized spacial score (nSPS) is 26.4. The number of carbonyl (C=O) groups excluding carboxylic acids is 2. The number of rotatable bonds is 2. The van der Waals surface area contributed by atoms with Crippen molar-refractivity contribution in [1.82, 2.24) is 30.4 Å². The quantitative estimate of drug-likeness (QED) is 0.172. The first-order valence-electron chi connectivity index (χ1n) is 26.7. The van der Waals surface area contributed by atoms with Crippen LogP contribution in [0.5, 0.6) is 0 Å². The molecule has 0 saturated carbocycles. The van der Waals surface area contributed by atoms with E-state index in [2.05, 4.69) is 40.9 Å². The van der Waals surface area contributed by atoms with Crippen LogP contribution in [0.4, 0.5) is 23.3 Å². The summed E-state index contributed by atoms with van der Waals surface area (Å²) in [6.07, 6.45) is 28.7. The lowest BCUT2D eigenvalue weighted by Crippen LogP contribution is -2.46. The second-order valence-electron chi connectivity index (χ2n) is 20.0. The van der Waals surface area contributed by atoms with Gasteiger partial charge in [-0.25, -0.2) is 9.97 Å². The van der Waals surface area contributed by atoms with Gasteiger partial charge in [0.05, 0.1) is 0 Å². The van der Waals surface area contributed by atoms with Crippen molar-refractivity contribution in [3.63, 3.8) is 0 Å². The Hall–Kier alpha value is -4.30. The summed E-state index contributed by atoms with van der Waals surface area (Å²) < 4.78 is 0. The van der Waals surface area contributed by atoms with E-state index in [0.29, 0.717) is 22.8 Å². The van der Waals surface area contributed by atoms with Crippen molar-refractivity contribution in [1.29, 1.82) is 10.8 Å². The number of nitrogens with zero attached hydrogens (tertiary/aromatic N) is 6. The Morgan fingerprint density at radius 2 is 0.727 bits per heavy atom. The van der Waals surface area contributed by atoms with E-state index >= 15 is 0 Å². The Morgan fingerprint density at radius 1 is 0.409 bits per heavy atom. The Balaban J connectivity index is 0.000000197. The first kappa shape index (κ1) is 49.6. The summed E-state index contributed by atoms with van der Waals surface area (Å²) in [5.74, 6) is 2.75. The highest BCUT2D eigenvalue weighted by Gasteiger charge is 2.27. The maximum Gasteiger partial charge on any atom is 0.270 e.